The molecule has 1 aromatic carbocycles. The summed E-state index contributed by atoms with van der Waals surface area (Å²) in [6.45, 7) is 1.45. The Morgan fingerprint density at radius 2 is 1.88 bits per heavy atom. The van der Waals surface area contributed by atoms with Crippen molar-refractivity contribution in [3.8, 4) is 11.4 Å². The second-order valence-corrected chi connectivity index (χ2v) is 6.05. The molecule has 25 heavy (non-hydrogen) atoms. The van der Waals surface area contributed by atoms with Crippen LogP contribution >= 0.6 is 0 Å². The number of aryl methyl sites for hydroxylation is 1. The lowest BCUT2D eigenvalue weighted by molar-refractivity contribution is -0.0511. The van der Waals surface area contributed by atoms with E-state index in [0.29, 0.717) is 22.7 Å². The van der Waals surface area contributed by atoms with E-state index in [9.17, 15) is 15.3 Å². The molecule has 0 spiro atoms. The summed E-state index contributed by atoms with van der Waals surface area (Å²) in [7, 11) is 0. The van der Waals surface area contributed by atoms with Gasteiger partial charge in [-0.05, 0) is 6.92 Å². The molecule has 1 saturated heterocycles. The number of ether oxygens (including phenoxy) is 1. The van der Waals surface area contributed by atoms with Crippen LogP contribution in [0.1, 0.15) is 11.9 Å². The summed E-state index contributed by atoms with van der Waals surface area (Å²) >= 11 is 0. The molecular weight excluding hydrogens is 324 g/mol. The number of benzene rings is 1. The molecule has 8 nitrogen and oxygen atoms in total. The maximum absolute atomic E-state index is 10.3. The van der Waals surface area contributed by atoms with Crippen molar-refractivity contribution < 1.29 is 20.1 Å². The predicted molar refractivity (Wildman–Crippen MR) is 88.5 cm³/mol. The van der Waals surface area contributed by atoms with Crippen LogP contribution in [0.15, 0.2) is 36.7 Å². The highest BCUT2D eigenvalue weighted by Crippen LogP contribution is 2.32. The Morgan fingerprint density at radius 1 is 1.12 bits per heavy atom. The van der Waals surface area contributed by atoms with Gasteiger partial charge in [-0.25, -0.2) is 15.0 Å². The summed E-state index contributed by atoms with van der Waals surface area (Å²) in [5.41, 5.74) is 2.66. The second kappa shape index (κ2) is 6.16. The number of fused-ring (bicyclic) bond motifs is 1. The molecule has 4 rings (SSSR count). The molecular formula is C17H18N4O4. The molecule has 1 aliphatic rings. The van der Waals surface area contributed by atoms with Crippen molar-refractivity contribution in [2.75, 3.05) is 6.61 Å². The first-order chi connectivity index (χ1) is 12.1. The quantitative estimate of drug-likeness (QED) is 0.632. The number of aromatic nitrogens is 4. The van der Waals surface area contributed by atoms with Gasteiger partial charge in [0, 0.05) is 5.56 Å². The predicted octanol–water partition coefficient (Wildman–Crippen LogP) is 0.413. The van der Waals surface area contributed by atoms with E-state index in [2.05, 4.69) is 15.0 Å². The van der Waals surface area contributed by atoms with E-state index in [1.807, 2.05) is 37.3 Å². The van der Waals surface area contributed by atoms with E-state index in [1.165, 1.54) is 6.33 Å². The fourth-order valence-electron chi connectivity index (χ4n) is 3.07. The average molecular weight is 342 g/mol. The Morgan fingerprint density at radius 3 is 2.56 bits per heavy atom. The Hall–Kier alpha value is -2.39. The number of aliphatic hydroxyl groups is 3. The first kappa shape index (κ1) is 16.1. The Labute approximate surface area is 143 Å². The van der Waals surface area contributed by atoms with Crippen LogP contribution in [0.25, 0.3) is 22.6 Å². The fourth-order valence-corrected chi connectivity index (χ4v) is 3.07. The summed E-state index contributed by atoms with van der Waals surface area (Å²) < 4.78 is 7.16. The first-order valence-corrected chi connectivity index (χ1v) is 7.99. The molecule has 8 heteroatoms. The Balaban J connectivity index is 1.82. The van der Waals surface area contributed by atoms with Gasteiger partial charge in [0.1, 0.15) is 23.8 Å². The van der Waals surface area contributed by atoms with Crippen molar-refractivity contribution >= 4 is 11.2 Å². The number of imidazole rings is 1. The molecule has 3 heterocycles. The van der Waals surface area contributed by atoms with E-state index < -0.39 is 24.5 Å². The van der Waals surface area contributed by atoms with Gasteiger partial charge in [-0.1, -0.05) is 30.3 Å². The van der Waals surface area contributed by atoms with E-state index in [4.69, 9.17) is 4.74 Å². The Bertz CT molecular complexity index is 898. The zero-order valence-electron chi connectivity index (χ0n) is 13.5. The van der Waals surface area contributed by atoms with Crippen LogP contribution in [0.5, 0.6) is 0 Å². The molecule has 3 N–H and O–H groups in total. The molecule has 4 atom stereocenters. The summed E-state index contributed by atoms with van der Waals surface area (Å²) in [6.07, 6.45) is -2.60. The summed E-state index contributed by atoms with van der Waals surface area (Å²) in [5, 5.41) is 29.5. The van der Waals surface area contributed by atoms with Crippen LogP contribution in [-0.2, 0) is 4.74 Å². The largest absolute Gasteiger partial charge is 0.394 e. The Kier molecular flexibility index (Phi) is 3.97. The van der Waals surface area contributed by atoms with Gasteiger partial charge in [-0.3, -0.25) is 4.57 Å². The van der Waals surface area contributed by atoms with Crippen molar-refractivity contribution in [2.24, 2.45) is 0 Å². The normalized spacial score (nSPS) is 26.4. The van der Waals surface area contributed by atoms with Crippen LogP contribution in [0.4, 0.5) is 0 Å². The molecule has 3 aromatic rings. The maximum atomic E-state index is 10.3. The van der Waals surface area contributed by atoms with E-state index >= 15 is 0 Å². The first-order valence-electron chi connectivity index (χ1n) is 7.99. The molecule has 2 aromatic heterocycles. The lowest BCUT2D eigenvalue weighted by atomic mass is 10.1. The van der Waals surface area contributed by atoms with Gasteiger partial charge in [0.2, 0.25) is 0 Å². The minimum atomic E-state index is -1.19. The summed E-state index contributed by atoms with van der Waals surface area (Å²) in [5.74, 6) is 0.541. The number of rotatable bonds is 3. The summed E-state index contributed by atoms with van der Waals surface area (Å²) in [4.78, 5) is 13.4. The van der Waals surface area contributed by atoms with Crippen LogP contribution in [-0.4, -0.2) is 59.8 Å². The van der Waals surface area contributed by atoms with Gasteiger partial charge in [-0.15, -0.1) is 0 Å². The monoisotopic (exact) mass is 342 g/mol. The molecule has 0 unspecified atom stereocenters. The number of hydrogen-bond donors (Lipinski definition) is 3. The van der Waals surface area contributed by atoms with Gasteiger partial charge in [0.05, 0.1) is 18.6 Å². The third kappa shape index (κ3) is 2.59. The molecule has 0 radical (unpaired) electrons. The van der Waals surface area contributed by atoms with Crippen molar-refractivity contribution in [1.82, 2.24) is 19.5 Å². The molecule has 1 fully saturated rings. The van der Waals surface area contributed by atoms with E-state index in [0.717, 1.165) is 5.56 Å². The van der Waals surface area contributed by atoms with Gasteiger partial charge in [0.15, 0.2) is 17.7 Å². The molecule has 0 bridgehead atoms. The highest BCUT2D eigenvalue weighted by molar-refractivity contribution is 5.76. The topological polar surface area (TPSA) is 114 Å². The van der Waals surface area contributed by atoms with Crippen molar-refractivity contribution in [3.05, 3.63) is 42.4 Å². The smallest absolute Gasteiger partial charge is 0.166 e. The van der Waals surface area contributed by atoms with Crippen LogP contribution in [0, 0.1) is 6.92 Å². The zero-order valence-corrected chi connectivity index (χ0v) is 13.5. The van der Waals surface area contributed by atoms with Crippen molar-refractivity contribution in [2.45, 2.75) is 31.5 Å². The van der Waals surface area contributed by atoms with E-state index in [-0.39, 0.29) is 6.61 Å². The van der Waals surface area contributed by atoms with Crippen LogP contribution in [0.3, 0.4) is 0 Å². The average Bonchev–Trinajstić information content (AvgIpc) is 3.18. The minimum Gasteiger partial charge on any atom is -0.394 e. The van der Waals surface area contributed by atoms with Gasteiger partial charge in [0.25, 0.3) is 0 Å². The minimum absolute atomic E-state index is 0.384. The van der Waals surface area contributed by atoms with Gasteiger partial charge in [-0.2, -0.15) is 0 Å². The standard InChI is InChI=1S/C17H18N4O4/c1-9-12-16(20-15(19-9)10-5-3-2-4-6-10)21(8-18-12)17-14(24)13(23)11(7-22)25-17/h2-6,8,11,13-14,17,22-24H,7H2,1H3/t11-,13-,14-,17-/m1/s1. The highest BCUT2D eigenvalue weighted by atomic mass is 16.6. The third-order valence-electron chi connectivity index (χ3n) is 4.42. The van der Waals surface area contributed by atoms with Gasteiger partial charge >= 0.3 is 0 Å². The molecule has 0 amide bonds. The second-order valence-electron chi connectivity index (χ2n) is 6.05. The number of aliphatic hydroxyl groups excluding tert-OH is 3. The van der Waals surface area contributed by atoms with Crippen molar-refractivity contribution in [3.63, 3.8) is 0 Å². The molecule has 1 aliphatic heterocycles. The SMILES string of the molecule is Cc1nc(-c2ccccc2)nc2c1ncn2[C@@H]1O[C@H](CO)[C@@H](O)[C@H]1O. The lowest BCUT2D eigenvalue weighted by Gasteiger charge is -2.16. The highest BCUT2D eigenvalue weighted by Gasteiger charge is 2.44. The number of nitrogens with zero attached hydrogens (tertiary/aromatic N) is 4. The van der Waals surface area contributed by atoms with Gasteiger partial charge < -0.3 is 20.1 Å². The van der Waals surface area contributed by atoms with Crippen LogP contribution in [0.2, 0.25) is 0 Å². The summed E-state index contributed by atoms with van der Waals surface area (Å²) in [6, 6.07) is 9.54. The zero-order chi connectivity index (χ0) is 17.6. The molecule has 0 saturated carbocycles. The fraction of sp³-hybridized carbons (Fsp3) is 0.353. The molecule has 0 aliphatic carbocycles. The molecule has 130 valence electrons. The number of hydrogen-bond acceptors (Lipinski definition) is 7. The van der Waals surface area contributed by atoms with Crippen LogP contribution < -0.4 is 0 Å². The van der Waals surface area contributed by atoms with Crippen molar-refractivity contribution in [1.29, 1.82) is 0 Å². The maximum Gasteiger partial charge on any atom is 0.166 e. The van der Waals surface area contributed by atoms with E-state index in [1.54, 1.807) is 4.57 Å². The third-order valence-corrected chi connectivity index (χ3v) is 4.42. The lowest BCUT2D eigenvalue weighted by Crippen LogP contribution is -2.33.